The Balaban J connectivity index is 2.49. The smallest absolute Gasteiger partial charge is 0.131 e. The highest BCUT2D eigenvalue weighted by atomic mass is 79.9. The molecule has 19 heavy (non-hydrogen) atoms. The van der Waals surface area contributed by atoms with E-state index in [1.807, 2.05) is 0 Å². The Labute approximate surface area is 129 Å². The zero-order valence-corrected chi connectivity index (χ0v) is 13.1. The molecule has 0 aromatic heterocycles. The monoisotopic (exact) mass is 362 g/mol. The molecule has 0 bridgehead atoms. The number of hydrogen-bond acceptors (Lipinski definition) is 1. The fourth-order valence-electron chi connectivity index (χ4n) is 1.78. The van der Waals surface area contributed by atoms with Gasteiger partial charge >= 0.3 is 0 Å². The van der Waals surface area contributed by atoms with E-state index >= 15 is 0 Å². The van der Waals surface area contributed by atoms with E-state index in [-0.39, 0.29) is 10.6 Å². The van der Waals surface area contributed by atoms with Crippen LogP contribution in [0.2, 0.25) is 10.0 Å². The van der Waals surface area contributed by atoms with Gasteiger partial charge in [0.05, 0.1) is 22.0 Å². The third-order valence-corrected chi connectivity index (χ3v) is 4.45. The van der Waals surface area contributed by atoms with E-state index in [1.54, 1.807) is 30.3 Å². The zero-order chi connectivity index (χ0) is 14.0. The lowest BCUT2D eigenvalue weighted by Gasteiger charge is -2.16. The van der Waals surface area contributed by atoms with Crippen molar-refractivity contribution in [3.8, 4) is 5.75 Å². The molecule has 1 unspecified atom stereocenters. The molecule has 1 atom stereocenters. The minimum absolute atomic E-state index is 0.340. The first-order chi connectivity index (χ1) is 9.04. The zero-order valence-electron chi connectivity index (χ0n) is 9.96. The highest BCUT2D eigenvalue weighted by Crippen LogP contribution is 2.39. The first kappa shape index (κ1) is 14.6. The summed E-state index contributed by atoms with van der Waals surface area (Å²) in [6, 6.07) is 9.88. The lowest BCUT2D eigenvalue weighted by atomic mass is 10.0. The highest BCUT2D eigenvalue weighted by molar-refractivity contribution is 9.09. The average molecular weight is 364 g/mol. The Morgan fingerprint density at radius 1 is 1.16 bits per heavy atom. The standard InChI is InChI=1S/C14H10BrCl2FO/c1-19-12-4-2-3-11(18)13(12)14(15)8-5-6-9(16)10(17)7-8/h2-7,14H,1H3. The van der Waals surface area contributed by atoms with Crippen molar-refractivity contribution >= 4 is 39.1 Å². The van der Waals surface area contributed by atoms with Crippen LogP contribution in [-0.4, -0.2) is 7.11 Å². The maximum atomic E-state index is 14.0. The lowest BCUT2D eigenvalue weighted by Crippen LogP contribution is -2.00. The number of hydrogen-bond donors (Lipinski definition) is 0. The number of methoxy groups -OCH3 is 1. The topological polar surface area (TPSA) is 9.23 Å². The Morgan fingerprint density at radius 2 is 1.89 bits per heavy atom. The predicted octanol–water partition coefficient (Wildman–Crippen LogP) is 5.63. The molecule has 0 saturated heterocycles. The number of alkyl halides is 1. The van der Waals surface area contributed by atoms with Crippen molar-refractivity contribution < 1.29 is 9.13 Å². The Morgan fingerprint density at radius 3 is 2.53 bits per heavy atom. The van der Waals surface area contributed by atoms with Crippen LogP contribution < -0.4 is 4.74 Å². The van der Waals surface area contributed by atoms with Crippen molar-refractivity contribution in [1.29, 1.82) is 0 Å². The van der Waals surface area contributed by atoms with Gasteiger partial charge in [-0.2, -0.15) is 0 Å². The molecular formula is C14H10BrCl2FO. The van der Waals surface area contributed by atoms with Gasteiger partial charge in [0.25, 0.3) is 0 Å². The van der Waals surface area contributed by atoms with Crippen LogP contribution in [0.5, 0.6) is 5.75 Å². The normalized spacial score (nSPS) is 12.3. The molecule has 2 aromatic carbocycles. The average Bonchev–Trinajstić information content (AvgIpc) is 2.40. The predicted molar refractivity (Wildman–Crippen MR) is 80.2 cm³/mol. The molecule has 0 heterocycles. The van der Waals surface area contributed by atoms with Gasteiger partial charge in [-0.25, -0.2) is 4.39 Å². The molecule has 0 aliphatic rings. The van der Waals surface area contributed by atoms with Crippen LogP contribution in [0.25, 0.3) is 0 Å². The molecule has 0 spiro atoms. The van der Waals surface area contributed by atoms with Crippen molar-refractivity contribution in [2.75, 3.05) is 7.11 Å². The molecule has 5 heteroatoms. The van der Waals surface area contributed by atoms with E-state index in [2.05, 4.69) is 15.9 Å². The molecule has 2 rings (SSSR count). The summed E-state index contributed by atoms with van der Waals surface area (Å²) >= 11 is 15.3. The van der Waals surface area contributed by atoms with Crippen LogP contribution >= 0.6 is 39.1 Å². The van der Waals surface area contributed by atoms with Crippen LogP contribution in [0, 0.1) is 5.82 Å². The quantitative estimate of drug-likeness (QED) is 0.642. The van der Waals surface area contributed by atoms with E-state index in [1.165, 1.54) is 13.2 Å². The van der Waals surface area contributed by atoms with E-state index in [0.29, 0.717) is 21.4 Å². The maximum absolute atomic E-state index is 14.0. The van der Waals surface area contributed by atoms with Crippen molar-refractivity contribution in [3.63, 3.8) is 0 Å². The third kappa shape index (κ3) is 3.04. The summed E-state index contributed by atoms with van der Waals surface area (Å²) in [5, 5.41) is 0.893. The van der Waals surface area contributed by atoms with Crippen LogP contribution in [0.3, 0.4) is 0 Å². The van der Waals surface area contributed by atoms with Gasteiger partial charge in [-0.05, 0) is 29.8 Å². The van der Waals surface area contributed by atoms with Crippen molar-refractivity contribution in [2.45, 2.75) is 4.83 Å². The SMILES string of the molecule is COc1cccc(F)c1C(Br)c1ccc(Cl)c(Cl)c1. The summed E-state index contributed by atoms with van der Waals surface area (Å²) < 4.78 is 19.2. The van der Waals surface area contributed by atoms with E-state index in [4.69, 9.17) is 27.9 Å². The molecular weight excluding hydrogens is 354 g/mol. The second kappa shape index (κ2) is 6.12. The first-order valence-corrected chi connectivity index (χ1v) is 7.13. The van der Waals surface area contributed by atoms with Crippen molar-refractivity contribution in [2.24, 2.45) is 0 Å². The van der Waals surface area contributed by atoms with E-state index < -0.39 is 0 Å². The van der Waals surface area contributed by atoms with Gasteiger partial charge in [0.2, 0.25) is 0 Å². The van der Waals surface area contributed by atoms with E-state index in [9.17, 15) is 4.39 Å². The van der Waals surface area contributed by atoms with Crippen molar-refractivity contribution in [3.05, 3.63) is 63.4 Å². The molecule has 0 radical (unpaired) electrons. The van der Waals surface area contributed by atoms with Gasteiger partial charge in [0, 0.05) is 5.56 Å². The summed E-state index contributed by atoms with van der Waals surface area (Å²) in [6.07, 6.45) is 0. The highest BCUT2D eigenvalue weighted by Gasteiger charge is 2.20. The number of rotatable bonds is 3. The number of benzene rings is 2. The Kier molecular flexibility index (Phi) is 4.71. The van der Waals surface area contributed by atoms with Crippen LogP contribution in [-0.2, 0) is 0 Å². The fraction of sp³-hybridized carbons (Fsp3) is 0.143. The summed E-state index contributed by atoms with van der Waals surface area (Å²) in [4.78, 5) is -0.363. The molecule has 0 aliphatic heterocycles. The van der Waals surface area contributed by atoms with Crippen LogP contribution in [0.15, 0.2) is 36.4 Å². The first-order valence-electron chi connectivity index (χ1n) is 5.46. The fourth-order valence-corrected chi connectivity index (χ4v) is 2.81. The van der Waals surface area contributed by atoms with Gasteiger partial charge in [0.1, 0.15) is 11.6 Å². The van der Waals surface area contributed by atoms with Crippen LogP contribution in [0.1, 0.15) is 16.0 Å². The van der Waals surface area contributed by atoms with Gasteiger partial charge in [-0.1, -0.05) is 51.3 Å². The minimum atomic E-state index is -0.363. The molecule has 2 aromatic rings. The minimum Gasteiger partial charge on any atom is -0.496 e. The molecule has 0 aliphatic carbocycles. The number of halogens is 4. The molecule has 0 saturated carbocycles. The summed E-state index contributed by atoms with van der Waals surface area (Å²) in [6.45, 7) is 0. The van der Waals surface area contributed by atoms with Gasteiger partial charge < -0.3 is 4.74 Å². The lowest BCUT2D eigenvalue weighted by molar-refractivity contribution is 0.405. The largest absolute Gasteiger partial charge is 0.496 e. The summed E-state index contributed by atoms with van der Waals surface area (Å²) in [5.74, 6) is 0.139. The van der Waals surface area contributed by atoms with Crippen molar-refractivity contribution in [1.82, 2.24) is 0 Å². The summed E-state index contributed by atoms with van der Waals surface area (Å²) in [7, 11) is 1.51. The second-order valence-corrected chi connectivity index (χ2v) is 5.62. The Hall–Kier alpha value is -0.770. The second-order valence-electron chi connectivity index (χ2n) is 3.89. The molecule has 0 fully saturated rings. The molecule has 100 valence electrons. The molecule has 0 amide bonds. The molecule has 1 nitrogen and oxygen atoms in total. The van der Waals surface area contributed by atoms with Gasteiger partial charge in [-0.15, -0.1) is 0 Å². The Bertz CT molecular complexity index is 604. The maximum Gasteiger partial charge on any atom is 0.131 e. The molecule has 0 N–H and O–H groups in total. The van der Waals surface area contributed by atoms with Gasteiger partial charge in [0.15, 0.2) is 0 Å². The van der Waals surface area contributed by atoms with E-state index in [0.717, 1.165) is 5.56 Å². The number of ether oxygens (including phenoxy) is 1. The van der Waals surface area contributed by atoms with Crippen LogP contribution in [0.4, 0.5) is 4.39 Å². The third-order valence-electron chi connectivity index (χ3n) is 2.72. The van der Waals surface area contributed by atoms with Gasteiger partial charge in [-0.3, -0.25) is 0 Å². The summed E-state index contributed by atoms with van der Waals surface area (Å²) in [5.41, 5.74) is 1.24.